The molecule has 0 bridgehead atoms. The lowest BCUT2D eigenvalue weighted by atomic mass is 10.1. The highest BCUT2D eigenvalue weighted by atomic mass is 79.9. The number of hydrogen-bond donors (Lipinski definition) is 2. The molecule has 0 radical (unpaired) electrons. The monoisotopic (exact) mass is 383 g/mol. The Labute approximate surface area is 150 Å². The van der Waals surface area contributed by atoms with Gasteiger partial charge in [0.05, 0.1) is 0 Å². The summed E-state index contributed by atoms with van der Waals surface area (Å²) in [5.74, 6) is -0.380. The zero-order chi connectivity index (χ0) is 17.4. The molecule has 0 saturated carbocycles. The number of nitriles is 1. The van der Waals surface area contributed by atoms with Gasteiger partial charge in [-0.15, -0.1) is 0 Å². The average Bonchev–Trinajstić information content (AvgIpc) is 2.59. The van der Waals surface area contributed by atoms with Crippen molar-refractivity contribution in [3.63, 3.8) is 0 Å². The fraction of sp³-hybridized carbons (Fsp3) is 0.158. The summed E-state index contributed by atoms with van der Waals surface area (Å²) in [6, 6.07) is 17.5. The van der Waals surface area contributed by atoms with E-state index in [1.165, 1.54) is 6.20 Å². The van der Waals surface area contributed by atoms with Gasteiger partial charge in [-0.2, -0.15) is 5.26 Å². The number of amides is 1. The van der Waals surface area contributed by atoms with Gasteiger partial charge in [0.2, 0.25) is 0 Å². The molecule has 2 aromatic carbocycles. The van der Waals surface area contributed by atoms with Crippen LogP contribution in [0.3, 0.4) is 0 Å². The van der Waals surface area contributed by atoms with E-state index in [1.807, 2.05) is 61.5 Å². The van der Waals surface area contributed by atoms with Gasteiger partial charge in [-0.25, -0.2) is 0 Å². The number of aryl methyl sites for hydroxylation is 1. The summed E-state index contributed by atoms with van der Waals surface area (Å²) in [5.41, 5.74) is 3.08. The summed E-state index contributed by atoms with van der Waals surface area (Å²) in [6.45, 7) is 2.46. The minimum atomic E-state index is -0.380. The Hall–Kier alpha value is -2.58. The third-order valence-electron chi connectivity index (χ3n) is 3.45. The second-order valence-corrected chi connectivity index (χ2v) is 6.12. The first-order valence-corrected chi connectivity index (χ1v) is 8.34. The molecule has 0 fully saturated rings. The van der Waals surface area contributed by atoms with Gasteiger partial charge in [-0.1, -0.05) is 46.3 Å². The summed E-state index contributed by atoms with van der Waals surface area (Å²) >= 11 is 3.43. The van der Waals surface area contributed by atoms with E-state index in [9.17, 15) is 4.79 Å². The Bertz CT molecular complexity index is 779. The van der Waals surface area contributed by atoms with Crippen LogP contribution in [-0.2, 0) is 11.2 Å². The molecule has 1 amide bonds. The molecule has 0 heterocycles. The number of carbonyl (C=O) groups excluding carboxylic acids is 1. The highest BCUT2D eigenvalue weighted by molar-refractivity contribution is 9.10. The Kier molecular flexibility index (Phi) is 6.59. The molecule has 5 heteroatoms. The summed E-state index contributed by atoms with van der Waals surface area (Å²) in [7, 11) is 0. The van der Waals surface area contributed by atoms with Crippen molar-refractivity contribution < 1.29 is 4.79 Å². The van der Waals surface area contributed by atoms with Crippen LogP contribution in [0.1, 0.15) is 11.1 Å². The first kappa shape index (κ1) is 17.8. The zero-order valence-corrected chi connectivity index (χ0v) is 14.9. The van der Waals surface area contributed by atoms with Gasteiger partial charge in [0.1, 0.15) is 11.6 Å². The van der Waals surface area contributed by atoms with Crippen molar-refractivity contribution in [2.45, 2.75) is 13.3 Å². The normalized spacial score (nSPS) is 10.8. The van der Waals surface area contributed by atoms with Crippen LogP contribution in [0.2, 0.25) is 0 Å². The quantitative estimate of drug-likeness (QED) is 0.586. The van der Waals surface area contributed by atoms with Crippen LogP contribution in [0.4, 0.5) is 5.69 Å². The number of rotatable bonds is 6. The lowest BCUT2D eigenvalue weighted by molar-refractivity contribution is -0.117. The number of nitrogens with one attached hydrogen (secondary N) is 2. The fourth-order valence-electron chi connectivity index (χ4n) is 2.10. The molecule has 24 heavy (non-hydrogen) atoms. The fourth-order valence-corrected chi connectivity index (χ4v) is 2.35. The minimum Gasteiger partial charge on any atom is -0.360 e. The van der Waals surface area contributed by atoms with Crippen molar-refractivity contribution in [1.82, 2.24) is 5.32 Å². The molecule has 0 saturated heterocycles. The molecule has 2 N–H and O–H groups in total. The SMILES string of the molecule is Cc1cc(N/C=C(/C#N)C(=O)NCCc2ccccc2)ccc1Br. The molecule has 0 aromatic heterocycles. The first-order valence-electron chi connectivity index (χ1n) is 7.55. The summed E-state index contributed by atoms with van der Waals surface area (Å²) < 4.78 is 1.01. The largest absolute Gasteiger partial charge is 0.360 e. The Morgan fingerprint density at radius 1 is 1.25 bits per heavy atom. The van der Waals surface area contributed by atoms with Gasteiger partial charge in [0.15, 0.2) is 0 Å². The van der Waals surface area contributed by atoms with Gasteiger partial charge in [0.25, 0.3) is 5.91 Å². The molecule has 0 aliphatic rings. The van der Waals surface area contributed by atoms with E-state index in [4.69, 9.17) is 5.26 Å². The Morgan fingerprint density at radius 3 is 2.67 bits per heavy atom. The lowest BCUT2D eigenvalue weighted by Gasteiger charge is -2.06. The van der Waals surface area contributed by atoms with E-state index in [2.05, 4.69) is 26.6 Å². The second kappa shape index (κ2) is 8.90. The first-order chi connectivity index (χ1) is 11.6. The van der Waals surface area contributed by atoms with E-state index < -0.39 is 0 Å². The average molecular weight is 384 g/mol. The van der Waals surface area contributed by atoms with Crippen LogP contribution in [0, 0.1) is 18.3 Å². The van der Waals surface area contributed by atoms with E-state index in [0.29, 0.717) is 6.54 Å². The molecule has 4 nitrogen and oxygen atoms in total. The van der Waals surface area contributed by atoms with Crippen molar-refractivity contribution in [1.29, 1.82) is 5.26 Å². The Balaban J connectivity index is 1.90. The van der Waals surface area contributed by atoms with Crippen molar-refractivity contribution in [2.24, 2.45) is 0 Å². The zero-order valence-electron chi connectivity index (χ0n) is 13.3. The molecular weight excluding hydrogens is 366 g/mol. The van der Waals surface area contributed by atoms with Gasteiger partial charge >= 0.3 is 0 Å². The van der Waals surface area contributed by atoms with Crippen molar-refractivity contribution in [2.75, 3.05) is 11.9 Å². The molecule has 2 aromatic rings. The second-order valence-electron chi connectivity index (χ2n) is 5.27. The molecule has 2 rings (SSSR count). The van der Waals surface area contributed by atoms with E-state index in [-0.39, 0.29) is 11.5 Å². The maximum absolute atomic E-state index is 12.1. The van der Waals surface area contributed by atoms with Crippen molar-refractivity contribution in [3.05, 3.63) is 75.9 Å². The number of halogens is 1. The van der Waals surface area contributed by atoms with Crippen LogP contribution in [0.5, 0.6) is 0 Å². The Morgan fingerprint density at radius 2 is 2.00 bits per heavy atom. The number of nitrogens with zero attached hydrogens (tertiary/aromatic N) is 1. The highest BCUT2D eigenvalue weighted by Gasteiger charge is 2.08. The van der Waals surface area contributed by atoms with Gasteiger partial charge in [-0.3, -0.25) is 4.79 Å². The maximum atomic E-state index is 12.1. The van der Waals surface area contributed by atoms with Crippen LogP contribution in [0.25, 0.3) is 0 Å². The molecule has 0 aliphatic heterocycles. The topological polar surface area (TPSA) is 64.9 Å². The summed E-state index contributed by atoms with van der Waals surface area (Å²) in [4.78, 5) is 12.1. The number of hydrogen-bond acceptors (Lipinski definition) is 3. The predicted octanol–water partition coefficient (Wildman–Crippen LogP) is 3.94. The van der Waals surface area contributed by atoms with Crippen LogP contribution in [-0.4, -0.2) is 12.5 Å². The molecule has 122 valence electrons. The molecule has 0 atom stereocenters. The van der Waals surface area contributed by atoms with Gasteiger partial charge in [-0.05, 0) is 42.7 Å². The highest BCUT2D eigenvalue weighted by Crippen LogP contribution is 2.20. The van der Waals surface area contributed by atoms with Crippen LogP contribution >= 0.6 is 15.9 Å². The molecule has 0 aliphatic carbocycles. The number of benzene rings is 2. The number of anilines is 1. The third-order valence-corrected chi connectivity index (χ3v) is 4.34. The van der Waals surface area contributed by atoms with Crippen LogP contribution in [0.15, 0.2) is 64.8 Å². The van der Waals surface area contributed by atoms with Gasteiger partial charge in [0, 0.05) is 22.9 Å². The lowest BCUT2D eigenvalue weighted by Crippen LogP contribution is -2.27. The molecule has 0 spiro atoms. The predicted molar refractivity (Wildman–Crippen MR) is 99.4 cm³/mol. The van der Waals surface area contributed by atoms with E-state index in [1.54, 1.807) is 0 Å². The smallest absolute Gasteiger partial charge is 0.263 e. The third kappa shape index (κ3) is 5.25. The van der Waals surface area contributed by atoms with Gasteiger partial charge < -0.3 is 10.6 Å². The standard InChI is InChI=1S/C19H18BrN3O/c1-14-11-17(7-8-18(14)20)23-13-16(12-21)19(24)22-10-9-15-5-3-2-4-6-15/h2-8,11,13,23H,9-10H2,1H3,(H,22,24)/b16-13-. The molecular formula is C19H18BrN3O. The van der Waals surface area contributed by atoms with E-state index >= 15 is 0 Å². The maximum Gasteiger partial charge on any atom is 0.263 e. The summed E-state index contributed by atoms with van der Waals surface area (Å²) in [5, 5.41) is 14.9. The molecule has 0 unspecified atom stereocenters. The minimum absolute atomic E-state index is 0.0450. The number of carbonyl (C=O) groups is 1. The van der Waals surface area contributed by atoms with E-state index in [0.717, 1.165) is 27.7 Å². The van der Waals surface area contributed by atoms with Crippen LogP contribution < -0.4 is 10.6 Å². The van der Waals surface area contributed by atoms with Crippen molar-refractivity contribution in [3.8, 4) is 6.07 Å². The summed E-state index contributed by atoms with van der Waals surface area (Å²) in [6.07, 6.45) is 2.16. The van der Waals surface area contributed by atoms with Crippen molar-refractivity contribution >= 4 is 27.5 Å².